The van der Waals surface area contributed by atoms with Crippen molar-refractivity contribution >= 4 is 5.69 Å². The zero-order chi connectivity index (χ0) is 26.1. The fourth-order valence-electron chi connectivity index (χ4n) is 3.27. The molecule has 0 atom stereocenters. The van der Waals surface area contributed by atoms with Gasteiger partial charge < -0.3 is 10.1 Å². The highest BCUT2D eigenvalue weighted by atomic mass is 19.4. The van der Waals surface area contributed by atoms with Crippen molar-refractivity contribution < 1.29 is 35.5 Å². The second kappa shape index (κ2) is 9.43. The molecule has 0 aliphatic heterocycles. The number of halogens is 7. The van der Waals surface area contributed by atoms with E-state index in [0.717, 1.165) is 11.6 Å². The van der Waals surface area contributed by atoms with E-state index in [4.69, 9.17) is 4.74 Å². The van der Waals surface area contributed by atoms with Crippen molar-refractivity contribution in [2.24, 2.45) is 0 Å². The molecule has 3 aromatic rings. The van der Waals surface area contributed by atoms with Gasteiger partial charge in [0, 0.05) is 23.9 Å². The summed E-state index contributed by atoms with van der Waals surface area (Å²) in [6.07, 6.45) is -6.39. The van der Waals surface area contributed by atoms with Gasteiger partial charge in [-0.3, -0.25) is 0 Å². The van der Waals surface area contributed by atoms with Gasteiger partial charge in [-0.15, -0.1) is 0 Å². The summed E-state index contributed by atoms with van der Waals surface area (Å²) in [6.45, 7) is 6.13. The van der Waals surface area contributed by atoms with Gasteiger partial charge in [0.1, 0.15) is 11.5 Å². The largest absolute Gasteiger partial charge is 0.460 e. The molecule has 0 saturated heterocycles. The predicted octanol–water partition coefficient (Wildman–Crippen LogP) is 8.68. The highest BCUT2D eigenvalue weighted by molar-refractivity contribution is 5.50. The maximum Gasteiger partial charge on any atom is 0.460 e. The molecule has 0 aliphatic carbocycles. The Hall–Kier alpha value is -3.23. The molecular formula is C26H24F7NO. The Labute approximate surface area is 198 Å². The molecule has 0 heterocycles. The lowest BCUT2D eigenvalue weighted by Crippen LogP contribution is -2.50. The molecular weight excluding hydrogens is 475 g/mol. The Kier molecular flexibility index (Phi) is 7.11. The fourth-order valence-corrected chi connectivity index (χ4v) is 3.27. The second-order valence-corrected chi connectivity index (χ2v) is 9.11. The Bertz CT molecular complexity index is 1170. The summed E-state index contributed by atoms with van der Waals surface area (Å²) in [7, 11) is 0. The molecule has 0 amide bonds. The zero-order valence-electron chi connectivity index (χ0n) is 19.2. The van der Waals surface area contributed by atoms with E-state index in [-0.39, 0.29) is 17.5 Å². The van der Waals surface area contributed by atoms with Crippen LogP contribution in [0.25, 0.3) is 0 Å². The molecule has 0 aromatic heterocycles. The topological polar surface area (TPSA) is 21.3 Å². The van der Waals surface area contributed by atoms with Crippen LogP contribution < -0.4 is 10.1 Å². The molecule has 1 N–H and O–H groups in total. The molecule has 188 valence electrons. The van der Waals surface area contributed by atoms with E-state index in [9.17, 15) is 30.7 Å². The van der Waals surface area contributed by atoms with E-state index in [2.05, 4.69) is 26.1 Å². The average Bonchev–Trinajstić information content (AvgIpc) is 2.77. The molecule has 0 unspecified atom stereocenters. The first-order valence-electron chi connectivity index (χ1n) is 10.7. The first-order chi connectivity index (χ1) is 16.1. The van der Waals surface area contributed by atoms with E-state index in [0.29, 0.717) is 29.3 Å². The predicted molar refractivity (Wildman–Crippen MR) is 120 cm³/mol. The van der Waals surface area contributed by atoms with Gasteiger partial charge in [0.2, 0.25) is 0 Å². The maximum absolute atomic E-state index is 14.0. The standard InChI is InChI=1S/C26H24F7NO/c1-23(2,3)18-8-5-11-21(14-18)35-22-12-6-10-20(15-22)34-16-17-7-4-9-19(13-17)24(27,28)25(29,30)26(31,32)33/h4-15,34H,16H2,1-3H3. The van der Waals surface area contributed by atoms with Crippen LogP contribution in [0.4, 0.5) is 36.4 Å². The maximum atomic E-state index is 14.0. The van der Waals surface area contributed by atoms with Crippen molar-refractivity contribution in [3.05, 3.63) is 89.5 Å². The van der Waals surface area contributed by atoms with Gasteiger partial charge in [0.15, 0.2) is 0 Å². The van der Waals surface area contributed by atoms with E-state index in [1.165, 1.54) is 6.07 Å². The van der Waals surface area contributed by atoms with Gasteiger partial charge in [0.05, 0.1) is 0 Å². The van der Waals surface area contributed by atoms with Crippen molar-refractivity contribution in [2.45, 2.75) is 50.8 Å². The highest BCUT2D eigenvalue weighted by Gasteiger charge is 2.73. The van der Waals surface area contributed by atoms with E-state index in [1.807, 2.05) is 18.2 Å². The van der Waals surface area contributed by atoms with E-state index >= 15 is 0 Å². The van der Waals surface area contributed by atoms with Crippen LogP contribution in [0.3, 0.4) is 0 Å². The number of hydrogen-bond acceptors (Lipinski definition) is 2. The van der Waals surface area contributed by atoms with Crippen molar-refractivity contribution in [3.8, 4) is 11.5 Å². The highest BCUT2D eigenvalue weighted by Crippen LogP contribution is 2.51. The number of benzene rings is 3. The number of alkyl halides is 7. The first kappa shape index (κ1) is 26.4. The molecule has 0 radical (unpaired) electrons. The molecule has 0 spiro atoms. The van der Waals surface area contributed by atoms with Crippen molar-refractivity contribution in [1.82, 2.24) is 0 Å². The third-order valence-corrected chi connectivity index (χ3v) is 5.31. The number of hydrogen-bond donors (Lipinski definition) is 1. The zero-order valence-corrected chi connectivity index (χ0v) is 19.2. The number of ether oxygens (including phenoxy) is 1. The average molecular weight is 499 g/mol. The summed E-state index contributed by atoms with van der Waals surface area (Å²) in [5, 5.41) is 2.94. The third-order valence-electron chi connectivity index (χ3n) is 5.31. The van der Waals surface area contributed by atoms with Gasteiger partial charge in [-0.05, 0) is 46.9 Å². The van der Waals surface area contributed by atoms with Crippen LogP contribution in [-0.4, -0.2) is 12.1 Å². The molecule has 2 nitrogen and oxygen atoms in total. The third kappa shape index (κ3) is 5.89. The smallest absolute Gasteiger partial charge is 0.457 e. The van der Waals surface area contributed by atoms with Crippen LogP contribution in [0.5, 0.6) is 11.5 Å². The minimum Gasteiger partial charge on any atom is -0.457 e. The Balaban J connectivity index is 1.73. The van der Waals surface area contributed by atoms with Gasteiger partial charge >= 0.3 is 18.0 Å². The van der Waals surface area contributed by atoms with Gasteiger partial charge in [-0.25, -0.2) is 0 Å². The Morgan fingerprint density at radius 1 is 0.686 bits per heavy atom. The molecule has 9 heteroatoms. The van der Waals surface area contributed by atoms with Crippen molar-refractivity contribution in [3.63, 3.8) is 0 Å². The van der Waals surface area contributed by atoms with Crippen LogP contribution in [0.2, 0.25) is 0 Å². The van der Waals surface area contributed by atoms with Gasteiger partial charge in [0.25, 0.3) is 0 Å². The lowest BCUT2D eigenvalue weighted by atomic mass is 9.87. The van der Waals surface area contributed by atoms with Gasteiger partial charge in [-0.2, -0.15) is 30.7 Å². The SMILES string of the molecule is CC(C)(C)c1cccc(Oc2cccc(NCc3cccc(C(F)(F)C(F)(F)C(F)(F)F)c3)c2)c1. The summed E-state index contributed by atoms with van der Waals surface area (Å²) < 4.78 is 98.3. The minimum absolute atomic E-state index is 0.0713. The van der Waals surface area contributed by atoms with Gasteiger partial charge in [-0.1, -0.05) is 57.2 Å². The van der Waals surface area contributed by atoms with Crippen LogP contribution in [0, 0.1) is 0 Å². The molecule has 0 saturated carbocycles. The Morgan fingerprint density at radius 3 is 1.89 bits per heavy atom. The van der Waals surface area contributed by atoms with Crippen LogP contribution in [0.1, 0.15) is 37.5 Å². The van der Waals surface area contributed by atoms with Crippen LogP contribution in [-0.2, 0) is 17.9 Å². The summed E-state index contributed by atoms with van der Waals surface area (Å²) >= 11 is 0. The lowest BCUT2D eigenvalue weighted by molar-refractivity contribution is -0.359. The number of nitrogens with one attached hydrogen (secondary N) is 1. The summed E-state index contributed by atoms with van der Waals surface area (Å²) in [4.78, 5) is 0. The van der Waals surface area contributed by atoms with E-state index in [1.54, 1.807) is 30.3 Å². The monoisotopic (exact) mass is 499 g/mol. The molecule has 0 bridgehead atoms. The van der Waals surface area contributed by atoms with Crippen molar-refractivity contribution in [1.29, 1.82) is 0 Å². The number of rotatable bonds is 7. The van der Waals surface area contributed by atoms with Crippen LogP contribution in [0.15, 0.2) is 72.8 Å². The fraction of sp³-hybridized carbons (Fsp3) is 0.308. The molecule has 0 aliphatic rings. The summed E-state index contributed by atoms with van der Waals surface area (Å²) in [5.74, 6) is -10.5. The molecule has 3 rings (SSSR count). The number of anilines is 1. The first-order valence-corrected chi connectivity index (χ1v) is 10.7. The summed E-state index contributed by atoms with van der Waals surface area (Å²) in [5.41, 5.74) is 0.224. The minimum atomic E-state index is -6.39. The quantitative estimate of drug-likeness (QED) is 0.329. The molecule has 35 heavy (non-hydrogen) atoms. The van der Waals surface area contributed by atoms with Crippen molar-refractivity contribution in [2.75, 3.05) is 5.32 Å². The Morgan fingerprint density at radius 2 is 1.26 bits per heavy atom. The van der Waals surface area contributed by atoms with E-state index < -0.39 is 23.6 Å². The lowest BCUT2D eigenvalue weighted by Gasteiger charge is -2.28. The summed E-state index contributed by atoms with van der Waals surface area (Å²) in [6, 6.07) is 17.9. The molecule has 3 aromatic carbocycles. The molecule has 0 fully saturated rings. The normalized spacial score (nSPS) is 13.0. The second-order valence-electron chi connectivity index (χ2n) is 9.11. The van der Waals surface area contributed by atoms with Crippen LogP contribution >= 0.6 is 0 Å².